The average Bonchev–Trinajstić information content (AvgIpc) is 2.54. The SMILES string of the molecule is CCc1ccc(S(=O)(=O)NCc2cccc(COC)c2)cc1. The minimum Gasteiger partial charge on any atom is -0.380 e. The topological polar surface area (TPSA) is 55.4 Å². The minimum absolute atomic E-state index is 0.259. The molecule has 0 spiro atoms. The molecule has 0 amide bonds. The van der Waals surface area contributed by atoms with Gasteiger partial charge < -0.3 is 4.74 Å². The molecule has 1 N–H and O–H groups in total. The van der Waals surface area contributed by atoms with E-state index in [1.165, 1.54) is 0 Å². The van der Waals surface area contributed by atoms with Gasteiger partial charge in [-0.1, -0.05) is 43.3 Å². The summed E-state index contributed by atoms with van der Waals surface area (Å²) in [6, 6.07) is 14.6. The first-order valence-electron chi connectivity index (χ1n) is 7.20. The van der Waals surface area contributed by atoms with Crippen molar-refractivity contribution in [3.63, 3.8) is 0 Å². The highest BCUT2D eigenvalue weighted by Crippen LogP contribution is 2.12. The van der Waals surface area contributed by atoms with Gasteiger partial charge in [0.15, 0.2) is 0 Å². The van der Waals surface area contributed by atoms with Gasteiger partial charge in [0.1, 0.15) is 0 Å². The molecule has 0 aliphatic rings. The highest BCUT2D eigenvalue weighted by atomic mass is 32.2. The van der Waals surface area contributed by atoms with Crippen molar-refractivity contribution < 1.29 is 13.2 Å². The summed E-state index contributed by atoms with van der Waals surface area (Å²) >= 11 is 0. The molecule has 2 aromatic carbocycles. The van der Waals surface area contributed by atoms with Gasteiger partial charge in [-0.3, -0.25) is 0 Å². The summed E-state index contributed by atoms with van der Waals surface area (Å²) in [5, 5.41) is 0. The number of methoxy groups -OCH3 is 1. The fourth-order valence-electron chi connectivity index (χ4n) is 2.16. The second kappa shape index (κ2) is 7.54. The third-order valence-electron chi connectivity index (χ3n) is 3.41. The van der Waals surface area contributed by atoms with Crippen LogP contribution in [0.25, 0.3) is 0 Å². The predicted molar refractivity (Wildman–Crippen MR) is 87.0 cm³/mol. The molecular weight excluding hydrogens is 298 g/mol. The zero-order valence-electron chi connectivity index (χ0n) is 12.9. The van der Waals surface area contributed by atoms with Crippen LogP contribution in [-0.4, -0.2) is 15.5 Å². The van der Waals surface area contributed by atoms with Crippen LogP contribution in [0, 0.1) is 0 Å². The predicted octanol–water partition coefficient (Wildman–Crippen LogP) is 2.87. The highest BCUT2D eigenvalue weighted by Gasteiger charge is 2.13. The first-order chi connectivity index (χ1) is 10.5. The summed E-state index contributed by atoms with van der Waals surface area (Å²) in [4.78, 5) is 0.290. The minimum atomic E-state index is -3.49. The van der Waals surface area contributed by atoms with Gasteiger partial charge in [0, 0.05) is 13.7 Å². The molecule has 0 unspecified atom stereocenters. The number of benzene rings is 2. The van der Waals surface area contributed by atoms with E-state index >= 15 is 0 Å². The van der Waals surface area contributed by atoms with E-state index < -0.39 is 10.0 Å². The fourth-order valence-corrected chi connectivity index (χ4v) is 3.18. The Hall–Kier alpha value is -1.69. The van der Waals surface area contributed by atoms with Crippen molar-refractivity contribution >= 4 is 10.0 Å². The number of sulfonamides is 1. The van der Waals surface area contributed by atoms with E-state index in [4.69, 9.17) is 4.74 Å². The van der Waals surface area contributed by atoms with E-state index in [2.05, 4.69) is 4.72 Å². The maximum Gasteiger partial charge on any atom is 0.240 e. The van der Waals surface area contributed by atoms with Crippen molar-refractivity contribution in [3.05, 3.63) is 65.2 Å². The van der Waals surface area contributed by atoms with E-state index in [1.54, 1.807) is 19.2 Å². The van der Waals surface area contributed by atoms with Crippen LogP contribution in [0.5, 0.6) is 0 Å². The Bertz CT molecular complexity index is 709. The van der Waals surface area contributed by atoms with Gasteiger partial charge in [-0.05, 0) is 35.2 Å². The van der Waals surface area contributed by atoms with Crippen molar-refractivity contribution in [1.82, 2.24) is 4.72 Å². The van der Waals surface area contributed by atoms with E-state index in [0.29, 0.717) is 6.61 Å². The normalized spacial score (nSPS) is 11.5. The average molecular weight is 319 g/mol. The number of hydrogen-bond acceptors (Lipinski definition) is 3. The van der Waals surface area contributed by atoms with Crippen LogP contribution in [0.2, 0.25) is 0 Å². The van der Waals surface area contributed by atoms with Gasteiger partial charge in [0.2, 0.25) is 10.0 Å². The maximum atomic E-state index is 12.3. The third-order valence-corrected chi connectivity index (χ3v) is 4.83. The number of hydrogen-bond donors (Lipinski definition) is 1. The zero-order chi connectivity index (χ0) is 16.0. The van der Waals surface area contributed by atoms with E-state index in [-0.39, 0.29) is 11.4 Å². The lowest BCUT2D eigenvalue weighted by atomic mass is 10.1. The third kappa shape index (κ3) is 4.40. The van der Waals surface area contributed by atoms with Crippen LogP contribution in [0.15, 0.2) is 53.4 Å². The summed E-state index contributed by atoms with van der Waals surface area (Å²) in [6.07, 6.45) is 0.889. The molecule has 22 heavy (non-hydrogen) atoms. The Morgan fingerprint density at radius 1 is 1.00 bits per heavy atom. The van der Waals surface area contributed by atoms with E-state index in [9.17, 15) is 8.42 Å². The molecule has 0 saturated carbocycles. The lowest BCUT2D eigenvalue weighted by Gasteiger charge is -2.09. The first-order valence-corrected chi connectivity index (χ1v) is 8.69. The van der Waals surface area contributed by atoms with Gasteiger partial charge in [-0.2, -0.15) is 0 Å². The molecule has 0 heterocycles. The zero-order valence-corrected chi connectivity index (χ0v) is 13.7. The van der Waals surface area contributed by atoms with E-state index in [0.717, 1.165) is 23.1 Å². The molecule has 0 bridgehead atoms. The maximum absolute atomic E-state index is 12.3. The van der Waals surface area contributed by atoms with Gasteiger partial charge >= 0.3 is 0 Å². The molecule has 2 aromatic rings. The smallest absolute Gasteiger partial charge is 0.240 e. The Morgan fingerprint density at radius 2 is 1.68 bits per heavy atom. The molecule has 5 heteroatoms. The lowest BCUT2D eigenvalue weighted by Crippen LogP contribution is -2.23. The van der Waals surface area contributed by atoms with Gasteiger partial charge in [0.25, 0.3) is 0 Å². The molecular formula is C17H21NO3S. The van der Waals surface area contributed by atoms with Crippen LogP contribution < -0.4 is 4.72 Å². The number of aryl methyl sites for hydroxylation is 1. The van der Waals surface area contributed by atoms with Crippen molar-refractivity contribution in [3.8, 4) is 0 Å². The standard InChI is InChI=1S/C17H21NO3S/c1-3-14-7-9-17(10-8-14)22(19,20)18-12-15-5-4-6-16(11-15)13-21-2/h4-11,18H,3,12-13H2,1-2H3. The Kier molecular flexibility index (Phi) is 5.71. The molecule has 0 atom stereocenters. The van der Waals surface area contributed by atoms with Crippen LogP contribution in [-0.2, 0) is 34.3 Å². The number of rotatable bonds is 7. The second-order valence-corrected chi connectivity index (χ2v) is 6.84. The van der Waals surface area contributed by atoms with Crippen LogP contribution in [0.1, 0.15) is 23.6 Å². The summed E-state index contributed by atoms with van der Waals surface area (Å²) in [5.41, 5.74) is 3.04. The summed E-state index contributed by atoms with van der Waals surface area (Å²) < 4.78 is 32.3. The monoisotopic (exact) mass is 319 g/mol. The van der Waals surface area contributed by atoms with Crippen molar-refractivity contribution in [2.24, 2.45) is 0 Å². The fraction of sp³-hybridized carbons (Fsp3) is 0.294. The van der Waals surface area contributed by atoms with Crippen molar-refractivity contribution in [2.45, 2.75) is 31.4 Å². The van der Waals surface area contributed by atoms with E-state index in [1.807, 2.05) is 43.3 Å². The Balaban J connectivity index is 2.07. The molecule has 4 nitrogen and oxygen atoms in total. The van der Waals surface area contributed by atoms with Crippen LogP contribution in [0.4, 0.5) is 0 Å². The summed E-state index contributed by atoms with van der Waals surface area (Å²) in [6.45, 7) is 2.81. The molecule has 0 saturated heterocycles. The molecule has 0 radical (unpaired) electrons. The molecule has 2 rings (SSSR count). The van der Waals surface area contributed by atoms with Gasteiger partial charge in [-0.15, -0.1) is 0 Å². The summed E-state index contributed by atoms with van der Waals surface area (Å²) in [7, 11) is -1.86. The van der Waals surface area contributed by atoms with Crippen molar-refractivity contribution in [1.29, 1.82) is 0 Å². The molecule has 0 aliphatic heterocycles. The molecule has 0 fully saturated rings. The van der Waals surface area contributed by atoms with Gasteiger partial charge in [-0.25, -0.2) is 13.1 Å². The molecule has 0 aliphatic carbocycles. The summed E-state index contributed by atoms with van der Waals surface area (Å²) in [5.74, 6) is 0. The van der Waals surface area contributed by atoms with Gasteiger partial charge in [0.05, 0.1) is 11.5 Å². The first kappa shape index (κ1) is 16.7. The quantitative estimate of drug-likeness (QED) is 0.854. The molecule has 0 aromatic heterocycles. The van der Waals surface area contributed by atoms with Crippen molar-refractivity contribution in [2.75, 3.05) is 7.11 Å². The highest BCUT2D eigenvalue weighted by molar-refractivity contribution is 7.89. The largest absolute Gasteiger partial charge is 0.380 e. The Morgan fingerprint density at radius 3 is 2.32 bits per heavy atom. The lowest BCUT2D eigenvalue weighted by molar-refractivity contribution is 0.185. The second-order valence-electron chi connectivity index (χ2n) is 5.08. The van der Waals surface area contributed by atoms with Crippen LogP contribution >= 0.6 is 0 Å². The molecule has 118 valence electrons. The number of nitrogens with one attached hydrogen (secondary N) is 1. The Labute approximate surface area is 132 Å². The van der Waals surface area contributed by atoms with Crippen LogP contribution in [0.3, 0.4) is 0 Å². The number of ether oxygens (including phenoxy) is 1.